The topological polar surface area (TPSA) is 90.6 Å². The third-order valence-electron chi connectivity index (χ3n) is 4.43. The van der Waals surface area contributed by atoms with Crippen molar-refractivity contribution in [2.24, 2.45) is 0 Å². The highest BCUT2D eigenvalue weighted by molar-refractivity contribution is 6.06. The summed E-state index contributed by atoms with van der Waals surface area (Å²) in [6.45, 7) is 2.19. The Kier molecular flexibility index (Phi) is 6.14. The fraction of sp³-hybridized carbons (Fsp3) is 0.130. The van der Waals surface area contributed by atoms with E-state index in [1.807, 2.05) is 37.3 Å². The molecule has 3 aromatic carbocycles. The lowest BCUT2D eigenvalue weighted by molar-refractivity contribution is 0.0600. The molecule has 148 valence electrons. The Morgan fingerprint density at radius 2 is 1.69 bits per heavy atom. The summed E-state index contributed by atoms with van der Waals surface area (Å²) in [7, 11) is 1.30. The molecule has 0 atom stereocenters. The summed E-state index contributed by atoms with van der Waals surface area (Å²) >= 11 is 0. The second kappa shape index (κ2) is 8.93. The first kappa shape index (κ1) is 19.9. The number of methoxy groups -OCH3 is 1. The van der Waals surface area contributed by atoms with Crippen molar-refractivity contribution in [2.75, 3.05) is 18.2 Å². The van der Waals surface area contributed by atoms with E-state index in [-0.39, 0.29) is 5.91 Å². The standard InChI is InChI=1S/C23H22N2O4/c1-15-8-9-17(12-19(15)24)22(26)25-20-13-18(23(27)28-2)10-11-21(20)29-14-16-6-4-3-5-7-16/h3-13H,14,24H2,1-2H3,(H,25,26). The second-order valence-corrected chi connectivity index (χ2v) is 6.50. The third-order valence-corrected chi connectivity index (χ3v) is 4.43. The highest BCUT2D eigenvalue weighted by Crippen LogP contribution is 2.28. The summed E-state index contributed by atoms with van der Waals surface area (Å²) in [5.41, 5.74) is 9.39. The molecule has 0 aromatic heterocycles. The lowest BCUT2D eigenvalue weighted by atomic mass is 10.1. The molecular weight excluding hydrogens is 368 g/mol. The molecule has 0 aliphatic rings. The van der Waals surface area contributed by atoms with Crippen molar-refractivity contribution in [3.8, 4) is 5.75 Å². The van der Waals surface area contributed by atoms with Gasteiger partial charge >= 0.3 is 5.97 Å². The van der Waals surface area contributed by atoms with Gasteiger partial charge in [-0.3, -0.25) is 4.79 Å². The van der Waals surface area contributed by atoms with Gasteiger partial charge in [0.1, 0.15) is 12.4 Å². The lowest BCUT2D eigenvalue weighted by Gasteiger charge is -2.14. The number of nitrogen functional groups attached to an aromatic ring is 1. The largest absolute Gasteiger partial charge is 0.487 e. The summed E-state index contributed by atoms with van der Waals surface area (Å²) in [6, 6.07) is 19.5. The van der Waals surface area contributed by atoms with Crippen LogP contribution in [-0.4, -0.2) is 19.0 Å². The van der Waals surface area contributed by atoms with Crippen LogP contribution in [-0.2, 0) is 11.3 Å². The maximum atomic E-state index is 12.7. The van der Waals surface area contributed by atoms with Gasteiger partial charge in [-0.2, -0.15) is 0 Å². The highest BCUT2D eigenvalue weighted by atomic mass is 16.5. The van der Waals surface area contributed by atoms with E-state index in [2.05, 4.69) is 5.32 Å². The van der Waals surface area contributed by atoms with Crippen LogP contribution in [0.3, 0.4) is 0 Å². The number of ether oxygens (including phenoxy) is 2. The smallest absolute Gasteiger partial charge is 0.337 e. The molecule has 0 aliphatic carbocycles. The van der Waals surface area contributed by atoms with E-state index < -0.39 is 5.97 Å². The van der Waals surface area contributed by atoms with Gasteiger partial charge in [0.25, 0.3) is 5.91 Å². The SMILES string of the molecule is COC(=O)c1ccc(OCc2ccccc2)c(NC(=O)c2ccc(C)c(N)c2)c1. The van der Waals surface area contributed by atoms with E-state index in [4.69, 9.17) is 15.2 Å². The first-order valence-electron chi connectivity index (χ1n) is 9.04. The lowest BCUT2D eigenvalue weighted by Crippen LogP contribution is -2.14. The number of hydrogen-bond donors (Lipinski definition) is 2. The zero-order chi connectivity index (χ0) is 20.8. The monoisotopic (exact) mass is 390 g/mol. The number of carbonyl (C=O) groups is 2. The van der Waals surface area contributed by atoms with Gasteiger partial charge in [0.05, 0.1) is 18.4 Å². The van der Waals surface area contributed by atoms with Crippen LogP contribution in [0.5, 0.6) is 5.75 Å². The van der Waals surface area contributed by atoms with E-state index in [0.29, 0.717) is 34.9 Å². The molecule has 0 bridgehead atoms. The van der Waals surface area contributed by atoms with Crippen molar-refractivity contribution < 1.29 is 19.1 Å². The zero-order valence-corrected chi connectivity index (χ0v) is 16.3. The molecule has 1 amide bonds. The summed E-state index contributed by atoms with van der Waals surface area (Å²) in [5.74, 6) is -0.423. The molecule has 0 saturated heterocycles. The molecule has 6 heteroatoms. The first-order valence-corrected chi connectivity index (χ1v) is 9.04. The van der Waals surface area contributed by atoms with E-state index in [1.54, 1.807) is 30.3 Å². The van der Waals surface area contributed by atoms with E-state index in [0.717, 1.165) is 11.1 Å². The van der Waals surface area contributed by atoms with Crippen molar-refractivity contribution in [1.82, 2.24) is 0 Å². The van der Waals surface area contributed by atoms with Crippen LogP contribution in [0.2, 0.25) is 0 Å². The van der Waals surface area contributed by atoms with Gasteiger partial charge < -0.3 is 20.5 Å². The van der Waals surface area contributed by atoms with Gasteiger partial charge in [0.2, 0.25) is 0 Å². The summed E-state index contributed by atoms with van der Waals surface area (Å²) < 4.78 is 10.6. The molecule has 6 nitrogen and oxygen atoms in total. The number of esters is 1. The summed E-state index contributed by atoms with van der Waals surface area (Å²) in [6.07, 6.45) is 0. The predicted octanol–water partition coefficient (Wildman–Crippen LogP) is 4.20. The number of anilines is 2. The maximum Gasteiger partial charge on any atom is 0.337 e. The first-order chi connectivity index (χ1) is 14.0. The number of rotatable bonds is 6. The molecule has 3 N–H and O–H groups in total. The van der Waals surface area contributed by atoms with Crippen LogP contribution < -0.4 is 15.8 Å². The molecule has 0 fully saturated rings. The van der Waals surface area contributed by atoms with Gasteiger partial charge in [-0.05, 0) is 48.4 Å². The third kappa shape index (κ3) is 4.93. The van der Waals surface area contributed by atoms with Crippen molar-refractivity contribution >= 4 is 23.3 Å². The van der Waals surface area contributed by atoms with Gasteiger partial charge in [0, 0.05) is 11.3 Å². The molecule has 0 saturated carbocycles. The van der Waals surface area contributed by atoms with E-state index in [9.17, 15) is 9.59 Å². The highest BCUT2D eigenvalue weighted by Gasteiger charge is 2.15. The van der Waals surface area contributed by atoms with Gasteiger partial charge in [0.15, 0.2) is 0 Å². The van der Waals surface area contributed by atoms with Gasteiger partial charge in [-0.1, -0.05) is 36.4 Å². The molecular formula is C23H22N2O4. The Bertz CT molecular complexity index is 1030. The number of hydrogen-bond acceptors (Lipinski definition) is 5. The molecule has 0 spiro atoms. The minimum Gasteiger partial charge on any atom is -0.487 e. The number of benzene rings is 3. The van der Waals surface area contributed by atoms with Crippen molar-refractivity contribution in [3.63, 3.8) is 0 Å². The Morgan fingerprint density at radius 3 is 2.38 bits per heavy atom. The van der Waals surface area contributed by atoms with E-state index >= 15 is 0 Å². The Hall–Kier alpha value is -3.80. The molecule has 29 heavy (non-hydrogen) atoms. The van der Waals surface area contributed by atoms with Crippen LogP contribution in [0.4, 0.5) is 11.4 Å². The van der Waals surface area contributed by atoms with Crippen molar-refractivity contribution in [3.05, 3.63) is 89.0 Å². The van der Waals surface area contributed by atoms with Gasteiger partial charge in [-0.15, -0.1) is 0 Å². The predicted molar refractivity (Wildman–Crippen MR) is 112 cm³/mol. The van der Waals surface area contributed by atoms with E-state index in [1.165, 1.54) is 13.2 Å². The maximum absolute atomic E-state index is 12.7. The van der Waals surface area contributed by atoms with Crippen LogP contribution in [0.1, 0.15) is 31.8 Å². The van der Waals surface area contributed by atoms with Gasteiger partial charge in [-0.25, -0.2) is 4.79 Å². The van der Waals surface area contributed by atoms with Crippen molar-refractivity contribution in [1.29, 1.82) is 0 Å². The quantitative estimate of drug-likeness (QED) is 0.486. The average Bonchev–Trinajstić information content (AvgIpc) is 2.74. The Morgan fingerprint density at radius 1 is 0.966 bits per heavy atom. The number of aryl methyl sites for hydroxylation is 1. The molecule has 0 radical (unpaired) electrons. The molecule has 3 rings (SSSR count). The van der Waals surface area contributed by atoms with Crippen LogP contribution in [0.15, 0.2) is 66.7 Å². The van der Waals surface area contributed by atoms with Crippen molar-refractivity contribution in [2.45, 2.75) is 13.5 Å². The van der Waals surface area contributed by atoms with Crippen LogP contribution >= 0.6 is 0 Å². The molecule has 3 aromatic rings. The second-order valence-electron chi connectivity index (χ2n) is 6.50. The number of amides is 1. The van der Waals surface area contributed by atoms with Crippen LogP contribution in [0.25, 0.3) is 0 Å². The molecule has 0 aliphatic heterocycles. The normalized spacial score (nSPS) is 10.3. The van der Waals surface area contributed by atoms with Crippen LogP contribution in [0, 0.1) is 6.92 Å². The number of nitrogens with one attached hydrogen (secondary N) is 1. The minimum absolute atomic E-state index is 0.304. The molecule has 0 unspecified atom stereocenters. The summed E-state index contributed by atoms with van der Waals surface area (Å²) in [5, 5.41) is 2.80. The number of nitrogens with two attached hydrogens (primary N) is 1. The fourth-order valence-electron chi connectivity index (χ4n) is 2.71. The Labute approximate surface area is 169 Å². The zero-order valence-electron chi connectivity index (χ0n) is 16.3. The minimum atomic E-state index is -0.505. The molecule has 0 heterocycles. The number of carbonyl (C=O) groups excluding carboxylic acids is 2. The fourth-order valence-corrected chi connectivity index (χ4v) is 2.71. The Balaban J connectivity index is 1.87. The average molecular weight is 390 g/mol. The summed E-state index contributed by atoms with van der Waals surface area (Å²) in [4.78, 5) is 24.6.